The number of primary amides is 1. The first-order chi connectivity index (χ1) is 6.79. The summed E-state index contributed by atoms with van der Waals surface area (Å²) in [6.45, 7) is 1.91. The van der Waals surface area contributed by atoms with Crippen molar-refractivity contribution in [2.75, 3.05) is 13.1 Å². The monoisotopic (exact) mass is 227 g/mol. The van der Waals surface area contributed by atoms with E-state index in [0.717, 1.165) is 25.1 Å². The summed E-state index contributed by atoms with van der Waals surface area (Å²) < 4.78 is 0. The number of amides is 1. The van der Waals surface area contributed by atoms with E-state index in [1.54, 1.807) is 6.20 Å². The third kappa shape index (κ3) is 2.46. The Morgan fingerprint density at radius 2 is 2.40 bits per heavy atom. The molecule has 0 unspecified atom stereocenters. The fourth-order valence-corrected chi connectivity index (χ4v) is 1.87. The van der Waals surface area contributed by atoms with Gasteiger partial charge in [-0.3, -0.25) is 9.78 Å². The SMILES string of the molecule is Cl.NC(=O)c1ncccc1[C@H]1CCNC1. The van der Waals surface area contributed by atoms with Crippen molar-refractivity contribution in [2.24, 2.45) is 5.73 Å². The van der Waals surface area contributed by atoms with Gasteiger partial charge in [0.25, 0.3) is 5.91 Å². The molecule has 15 heavy (non-hydrogen) atoms. The lowest BCUT2D eigenvalue weighted by molar-refractivity contribution is 0.0994. The van der Waals surface area contributed by atoms with Gasteiger partial charge in [-0.1, -0.05) is 6.07 Å². The number of aromatic nitrogens is 1. The quantitative estimate of drug-likeness (QED) is 0.781. The molecular formula is C10H14ClN3O. The van der Waals surface area contributed by atoms with Gasteiger partial charge in [0.2, 0.25) is 0 Å². The van der Waals surface area contributed by atoms with E-state index in [4.69, 9.17) is 5.73 Å². The average Bonchev–Trinajstić information content (AvgIpc) is 2.70. The van der Waals surface area contributed by atoms with Crippen molar-refractivity contribution in [1.29, 1.82) is 0 Å². The van der Waals surface area contributed by atoms with Crippen LogP contribution in [0.5, 0.6) is 0 Å². The summed E-state index contributed by atoms with van der Waals surface area (Å²) in [7, 11) is 0. The summed E-state index contributed by atoms with van der Waals surface area (Å²) in [6, 6.07) is 3.78. The van der Waals surface area contributed by atoms with E-state index in [2.05, 4.69) is 10.3 Å². The Hall–Kier alpha value is -1.13. The molecule has 82 valence electrons. The second kappa shape index (κ2) is 5.09. The van der Waals surface area contributed by atoms with E-state index >= 15 is 0 Å². The number of nitrogens with one attached hydrogen (secondary N) is 1. The van der Waals surface area contributed by atoms with Crippen molar-refractivity contribution in [2.45, 2.75) is 12.3 Å². The molecule has 1 saturated heterocycles. The minimum atomic E-state index is -0.437. The van der Waals surface area contributed by atoms with Gasteiger partial charge in [0.1, 0.15) is 5.69 Å². The Kier molecular flexibility index (Phi) is 4.05. The number of hydrogen-bond acceptors (Lipinski definition) is 3. The molecule has 1 aliphatic rings. The van der Waals surface area contributed by atoms with Crippen LogP contribution in [0.2, 0.25) is 0 Å². The maximum absolute atomic E-state index is 11.1. The Balaban J connectivity index is 0.00000112. The Bertz CT molecular complexity index is 350. The Morgan fingerprint density at radius 3 is 3.00 bits per heavy atom. The predicted octanol–water partition coefficient (Wildman–Crippen LogP) is 0.679. The van der Waals surface area contributed by atoms with Gasteiger partial charge in [0, 0.05) is 12.7 Å². The predicted molar refractivity (Wildman–Crippen MR) is 60.2 cm³/mol. The summed E-state index contributed by atoms with van der Waals surface area (Å²) in [4.78, 5) is 15.1. The highest BCUT2D eigenvalue weighted by Crippen LogP contribution is 2.23. The van der Waals surface area contributed by atoms with E-state index in [1.165, 1.54) is 0 Å². The lowest BCUT2D eigenvalue weighted by atomic mass is 9.96. The lowest BCUT2D eigenvalue weighted by Crippen LogP contribution is -2.18. The van der Waals surface area contributed by atoms with Gasteiger partial charge in [-0.15, -0.1) is 12.4 Å². The summed E-state index contributed by atoms with van der Waals surface area (Å²) in [5.74, 6) is -0.0568. The molecule has 2 rings (SSSR count). The maximum Gasteiger partial charge on any atom is 0.267 e. The zero-order valence-electron chi connectivity index (χ0n) is 8.27. The zero-order chi connectivity index (χ0) is 9.97. The van der Waals surface area contributed by atoms with E-state index in [1.807, 2.05) is 12.1 Å². The van der Waals surface area contributed by atoms with Crippen LogP contribution >= 0.6 is 12.4 Å². The Labute approximate surface area is 94.7 Å². The fourth-order valence-electron chi connectivity index (χ4n) is 1.87. The van der Waals surface area contributed by atoms with Gasteiger partial charge in [-0.25, -0.2) is 0 Å². The molecule has 4 nitrogen and oxygen atoms in total. The fraction of sp³-hybridized carbons (Fsp3) is 0.400. The highest BCUT2D eigenvalue weighted by molar-refractivity contribution is 5.92. The third-order valence-corrected chi connectivity index (χ3v) is 2.57. The highest BCUT2D eigenvalue weighted by Gasteiger charge is 2.21. The largest absolute Gasteiger partial charge is 0.364 e. The van der Waals surface area contributed by atoms with Crippen LogP contribution in [-0.2, 0) is 0 Å². The first-order valence-electron chi connectivity index (χ1n) is 4.74. The van der Waals surface area contributed by atoms with Crippen LogP contribution in [-0.4, -0.2) is 24.0 Å². The topological polar surface area (TPSA) is 68.0 Å². The number of carbonyl (C=O) groups excluding carboxylic acids is 1. The van der Waals surface area contributed by atoms with Crippen molar-refractivity contribution < 1.29 is 4.79 Å². The molecule has 5 heteroatoms. The smallest absolute Gasteiger partial charge is 0.267 e. The van der Waals surface area contributed by atoms with Gasteiger partial charge in [-0.05, 0) is 30.5 Å². The number of halogens is 1. The minimum Gasteiger partial charge on any atom is -0.364 e. The third-order valence-electron chi connectivity index (χ3n) is 2.57. The summed E-state index contributed by atoms with van der Waals surface area (Å²) >= 11 is 0. The molecule has 1 fully saturated rings. The van der Waals surface area contributed by atoms with Crippen LogP contribution in [0.1, 0.15) is 28.4 Å². The van der Waals surface area contributed by atoms with Crippen molar-refractivity contribution in [1.82, 2.24) is 10.3 Å². The number of hydrogen-bond donors (Lipinski definition) is 2. The summed E-state index contributed by atoms with van der Waals surface area (Å²) in [6.07, 6.45) is 2.65. The van der Waals surface area contributed by atoms with Crippen LogP contribution in [0.15, 0.2) is 18.3 Å². The Morgan fingerprint density at radius 1 is 1.60 bits per heavy atom. The number of pyridine rings is 1. The van der Waals surface area contributed by atoms with Gasteiger partial charge in [0.05, 0.1) is 0 Å². The molecule has 1 aliphatic heterocycles. The van der Waals surface area contributed by atoms with Crippen LogP contribution in [0.4, 0.5) is 0 Å². The molecular weight excluding hydrogens is 214 g/mol. The second-order valence-electron chi connectivity index (χ2n) is 3.50. The number of nitrogens with two attached hydrogens (primary N) is 1. The normalized spacial score (nSPS) is 19.6. The number of rotatable bonds is 2. The van der Waals surface area contributed by atoms with Crippen molar-refractivity contribution >= 4 is 18.3 Å². The van der Waals surface area contributed by atoms with E-state index in [9.17, 15) is 4.79 Å². The van der Waals surface area contributed by atoms with Crippen LogP contribution in [0.3, 0.4) is 0 Å². The molecule has 0 aromatic carbocycles. The summed E-state index contributed by atoms with van der Waals surface area (Å²) in [5, 5.41) is 3.26. The molecule has 0 saturated carbocycles. The lowest BCUT2D eigenvalue weighted by Gasteiger charge is -2.10. The standard InChI is InChI=1S/C10H13N3O.ClH/c11-10(14)9-8(2-1-4-13-9)7-3-5-12-6-7;/h1-2,4,7,12H,3,5-6H2,(H2,11,14);1H/t7-;/m0./s1. The molecule has 1 amide bonds. The van der Waals surface area contributed by atoms with Crippen LogP contribution in [0.25, 0.3) is 0 Å². The molecule has 0 aliphatic carbocycles. The first kappa shape index (κ1) is 11.9. The number of nitrogens with zero attached hydrogens (tertiary/aromatic N) is 1. The van der Waals surface area contributed by atoms with Crippen LogP contribution in [0, 0.1) is 0 Å². The molecule has 1 atom stereocenters. The van der Waals surface area contributed by atoms with E-state index in [0.29, 0.717) is 11.6 Å². The molecule has 1 aromatic heterocycles. The van der Waals surface area contributed by atoms with Gasteiger partial charge >= 0.3 is 0 Å². The summed E-state index contributed by atoms with van der Waals surface area (Å²) in [5.41, 5.74) is 6.65. The van der Waals surface area contributed by atoms with Gasteiger partial charge in [-0.2, -0.15) is 0 Å². The molecule has 2 heterocycles. The first-order valence-corrected chi connectivity index (χ1v) is 4.74. The molecule has 0 bridgehead atoms. The van der Waals surface area contributed by atoms with Gasteiger partial charge in [0.15, 0.2) is 0 Å². The van der Waals surface area contributed by atoms with Crippen molar-refractivity contribution in [3.63, 3.8) is 0 Å². The van der Waals surface area contributed by atoms with Gasteiger partial charge < -0.3 is 11.1 Å². The molecule has 0 radical (unpaired) electrons. The van der Waals surface area contributed by atoms with E-state index in [-0.39, 0.29) is 12.4 Å². The minimum absolute atomic E-state index is 0. The number of carbonyl (C=O) groups is 1. The van der Waals surface area contributed by atoms with Crippen molar-refractivity contribution in [3.05, 3.63) is 29.6 Å². The average molecular weight is 228 g/mol. The van der Waals surface area contributed by atoms with Crippen molar-refractivity contribution in [3.8, 4) is 0 Å². The molecule has 0 spiro atoms. The maximum atomic E-state index is 11.1. The van der Waals surface area contributed by atoms with Crippen LogP contribution < -0.4 is 11.1 Å². The highest BCUT2D eigenvalue weighted by atomic mass is 35.5. The molecule has 1 aromatic rings. The second-order valence-corrected chi connectivity index (χ2v) is 3.50. The molecule has 3 N–H and O–H groups in total. The zero-order valence-corrected chi connectivity index (χ0v) is 9.09. The van der Waals surface area contributed by atoms with E-state index < -0.39 is 5.91 Å².